The van der Waals surface area contributed by atoms with Crippen LogP contribution in [0.1, 0.15) is 23.9 Å². The number of hydrogen-bond donors (Lipinski definition) is 2. The van der Waals surface area contributed by atoms with Gasteiger partial charge in [-0.2, -0.15) is 0 Å². The Balaban J connectivity index is 1.63. The number of imidazole rings is 1. The molecule has 1 aromatic carbocycles. The second-order valence-electron chi connectivity index (χ2n) is 8.43. The molecule has 0 bridgehead atoms. The molecule has 0 radical (unpaired) electrons. The first kappa shape index (κ1) is 23.1. The van der Waals surface area contributed by atoms with Crippen molar-refractivity contribution in [2.24, 2.45) is 7.05 Å². The third kappa shape index (κ3) is 4.15. The van der Waals surface area contributed by atoms with Gasteiger partial charge in [-0.25, -0.2) is 14.8 Å². The molecule has 5 rings (SSSR count). The van der Waals surface area contributed by atoms with Crippen LogP contribution in [0.5, 0.6) is 0 Å². The Labute approximate surface area is 206 Å². The average Bonchev–Trinajstić information content (AvgIpc) is 3.36. The number of nitrogens with one attached hydrogen (secondary N) is 2. The highest BCUT2D eigenvalue weighted by Gasteiger charge is 2.17. The van der Waals surface area contributed by atoms with Crippen LogP contribution in [0.15, 0.2) is 63.9 Å². The summed E-state index contributed by atoms with van der Waals surface area (Å²) < 4.78 is 8.72. The number of oxazole rings is 1. The van der Waals surface area contributed by atoms with Crippen LogP contribution in [0.2, 0.25) is 0 Å². The monoisotopic (exact) mass is 480 g/mol. The van der Waals surface area contributed by atoms with E-state index >= 15 is 0 Å². The van der Waals surface area contributed by atoms with Crippen LogP contribution in [-0.2, 0) is 11.8 Å². The molecular formula is C27H24N6O3. The normalized spacial score (nSPS) is 11.9. The smallest absolute Gasteiger partial charge is 0.408 e. The number of aryl methyl sites for hydroxylation is 2. The van der Waals surface area contributed by atoms with Gasteiger partial charge in [-0.05, 0) is 69.3 Å². The van der Waals surface area contributed by atoms with E-state index in [1.165, 1.54) is 4.57 Å². The number of fused-ring (bicyclic) bond motifs is 2. The van der Waals surface area contributed by atoms with Crippen LogP contribution in [0.25, 0.3) is 28.0 Å². The van der Waals surface area contributed by atoms with Crippen molar-refractivity contribution in [2.45, 2.75) is 19.9 Å². The molecule has 0 aliphatic rings. The molecule has 2 N–H and O–H groups in total. The Morgan fingerprint density at radius 3 is 2.75 bits per heavy atom. The predicted molar refractivity (Wildman–Crippen MR) is 138 cm³/mol. The highest BCUT2D eigenvalue weighted by atomic mass is 16.4. The van der Waals surface area contributed by atoms with E-state index in [-0.39, 0.29) is 11.9 Å². The van der Waals surface area contributed by atoms with E-state index in [2.05, 4.69) is 32.4 Å². The van der Waals surface area contributed by atoms with E-state index in [1.807, 2.05) is 47.9 Å². The van der Waals surface area contributed by atoms with Crippen molar-refractivity contribution < 1.29 is 9.21 Å². The molecule has 1 atom stereocenters. The van der Waals surface area contributed by atoms with Crippen LogP contribution in [0, 0.1) is 18.8 Å². The van der Waals surface area contributed by atoms with Crippen molar-refractivity contribution in [2.75, 3.05) is 12.4 Å². The zero-order chi connectivity index (χ0) is 25.4. The number of amides is 1. The highest BCUT2D eigenvalue weighted by Crippen LogP contribution is 2.28. The van der Waals surface area contributed by atoms with Crippen LogP contribution in [-0.4, -0.2) is 37.9 Å². The van der Waals surface area contributed by atoms with Gasteiger partial charge in [0.2, 0.25) is 5.91 Å². The van der Waals surface area contributed by atoms with Crippen molar-refractivity contribution in [1.82, 2.24) is 24.3 Å². The number of carbonyl (C=O) groups excluding carboxylic acids is 1. The molecule has 5 aromatic rings. The van der Waals surface area contributed by atoms with Crippen molar-refractivity contribution in [1.29, 1.82) is 0 Å². The van der Waals surface area contributed by atoms with Crippen LogP contribution < -0.4 is 16.4 Å². The lowest BCUT2D eigenvalue weighted by atomic mass is 10.1. The van der Waals surface area contributed by atoms with E-state index in [0.29, 0.717) is 28.2 Å². The molecule has 4 aromatic heterocycles. The molecule has 9 heteroatoms. The Kier molecular flexibility index (Phi) is 5.88. The lowest BCUT2D eigenvalue weighted by Gasteiger charge is -2.12. The molecule has 9 nitrogen and oxygen atoms in total. The summed E-state index contributed by atoms with van der Waals surface area (Å²) in [5, 5.41) is 5.75. The second kappa shape index (κ2) is 9.17. The van der Waals surface area contributed by atoms with Crippen LogP contribution in [0.4, 0.5) is 5.82 Å². The van der Waals surface area contributed by atoms with Gasteiger partial charge >= 0.3 is 5.76 Å². The van der Waals surface area contributed by atoms with Gasteiger partial charge in [-0.3, -0.25) is 13.8 Å². The molecule has 1 amide bonds. The SMILES string of the molecule is CNC(C)C(=O)Nc1ccc(-c2c(C)nc3ccccn23)c(C#Cc2ccc3c(c2)oc(=O)n3C)n1. The first-order valence-corrected chi connectivity index (χ1v) is 11.4. The number of hydrogen-bond acceptors (Lipinski definition) is 6. The fourth-order valence-corrected chi connectivity index (χ4v) is 3.96. The molecule has 0 spiro atoms. The summed E-state index contributed by atoms with van der Waals surface area (Å²) in [6.45, 7) is 3.71. The molecule has 0 aliphatic carbocycles. The largest absolute Gasteiger partial charge is 0.419 e. The van der Waals surface area contributed by atoms with E-state index in [0.717, 1.165) is 22.6 Å². The third-order valence-electron chi connectivity index (χ3n) is 6.05. The van der Waals surface area contributed by atoms with Gasteiger partial charge in [0.25, 0.3) is 0 Å². The van der Waals surface area contributed by atoms with Crippen molar-refractivity contribution >= 4 is 28.5 Å². The lowest BCUT2D eigenvalue weighted by Crippen LogP contribution is -2.35. The summed E-state index contributed by atoms with van der Waals surface area (Å²) in [7, 11) is 3.37. The summed E-state index contributed by atoms with van der Waals surface area (Å²) in [5.41, 5.74) is 5.59. The summed E-state index contributed by atoms with van der Waals surface area (Å²) in [4.78, 5) is 33.6. The Bertz CT molecular complexity index is 1750. The van der Waals surface area contributed by atoms with Gasteiger partial charge in [0.1, 0.15) is 17.2 Å². The maximum absolute atomic E-state index is 12.4. The van der Waals surface area contributed by atoms with E-state index in [1.54, 1.807) is 39.2 Å². The minimum Gasteiger partial charge on any atom is -0.408 e. The zero-order valence-electron chi connectivity index (χ0n) is 20.3. The van der Waals surface area contributed by atoms with Crippen molar-refractivity contribution in [3.8, 4) is 23.1 Å². The molecule has 0 fully saturated rings. The number of aromatic nitrogens is 4. The number of nitrogens with zero attached hydrogens (tertiary/aromatic N) is 4. The van der Waals surface area contributed by atoms with Crippen LogP contribution in [0.3, 0.4) is 0 Å². The highest BCUT2D eigenvalue weighted by molar-refractivity contribution is 5.94. The third-order valence-corrected chi connectivity index (χ3v) is 6.05. The topological polar surface area (TPSA) is 106 Å². The molecule has 0 saturated heterocycles. The summed E-state index contributed by atoms with van der Waals surface area (Å²) in [5.74, 6) is 6.05. The average molecular weight is 481 g/mol. The van der Waals surface area contributed by atoms with Gasteiger partial charge in [0, 0.05) is 24.4 Å². The number of rotatable bonds is 4. The van der Waals surface area contributed by atoms with Crippen molar-refractivity contribution in [3.63, 3.8) is 0 Å². The standard InChI is InChI=1S/C27H24N6O3/c1-16-25(33-14-6-5-7-24(33)29-16)19-10-13-23(31-26(34)17(2)28-3)30-20(19)11-8-18-9-12-21-22(15-18)36-27(35)32(21)4/h5-7,9-10,12-15,17,28H,1-4H3,(H,30,31,34). The Morgan fingerprint density at radius 1 is 1.11 bits per heavy atom. The minimum absolute atomic E-state index is 0.202. The molecule has 0 saturated carbocycles. The first-order valence-electron chi connectivity index (χ1n) is 11.4. The maximum atomic E-state index is 12.4. The van der Waals surface area contributed by atoms with Gasteiger partial charge in [0.05, 0.1) is 22.9 Å². The van der Waals surface area contributed by atoms with Gasteiger partial charge in [-0.1, -0.05) is 12.0 Å². The molecular weight excluding hydrogens is 456 g/mol. The summed E-state index contributed by atoms with van der Waals surface area (Å²) in [6, 6.07) is 14.4. The van der Waals surface area contributed by atoms with E-state index in [4.69, 9.17) is 4.42 Å². The van der Waals surface area contributed by atoms with Crippen LogP contribution >= 0.6 is 0 Å². The summed E-state index contributed by atoms with van der Waals surface area (Å²) >= 11 is 0. The quantitative estimate of drug-likeness (QED) is 0.383. The van der Waals surface area contributed by atoms with E-state index in [9.17, 15) is 9.59 Å². The van der Waals surface area contributed by atoms with Gasteiger partial charge in [-0.15, -0.1) is 0 Å². The first-order chi connectivity index (χ1) is 17.4. The molecule has 36 heavy (non-hydrogen) atoms. The number of carbonyl (C=O) groups is 1. The molecule has 1 unspecified atom stereocenters. The van der Waals surface area contributed by atoms with Gasteiger partial charge in [0.15, 0.2) is 5.58 Å². The second-order valence-corrected chi connectivity index (χ2v) is 8.43. The van der Waals surface area contributed by atoms with Gasteiger partial charge < -0.3 is 15.1 Å². The number of pyridine rings is 2. The Hall–Kier alpha value is -4.68. The maximum Gasteiger partial charge on any atom is 0.419 e. The molecule has 180 valence electrons. The fraction of sp³-hybridized carbons (Fsp3) is 0.185. The lowest BCUT2D eigenvalue weighted by molar-refractivity contribution is -0.117. The fourth-order valence-electron chi connectivity index (χ4n) is 3.96. The zero-order valence-corrected chi connectivity index (χ0v) is 20.3. The number of benzene rings is 1. The van der Waals surface area contributed by atoms with E-state index < -0.39 is 5.76 Å². The Morgan fingerprint density at radius 2 is 1.94 bits per heavy atom. The predicted octanol–water partition coefficient (Wildman–Crippen LogP) is 3.10. The van der Waals surface area contributed by atoms with Crippen molar-refractivity contribution in [3.05, 3.63) is 82.2 Å². The number of anilines is 1. The summed E-state index contributed by atoms with van der Waals surface area (Å²) in [6.07, 6.45) is 1.94. The number of likely N-dealkylation sites (N-methyl/N-ethyl adjacent to an activating group) is 1. The minimum atomic E-state index is -0.429. The molecule has 0 aliphatic heterocycles. The molecule has 4 heterocycles.